The zero-order valence-electron chi connectivity index (χ0n) is 61.7. The summed E-state index contributed by atoms with van der Waals surface area (Å²) in [6.07, 6.45) is 3.21. The van der Waals surface area contributed by atoms with Crippen LogP contribution in [0.25, 0.3) is 0 Å². The van der Waals surface area contributed by atoms with Gasteiger partial charge in [-0.15, -0.1) is 0 Å². The first kappa shape index (κ1) is 92.3. The van der Waals surface area contributed by atoms with Crippen molar-refractivity contribution in [2.24, 2.45) is 11.3 Å². The van der Waals surface area contributed by atoms with E-state index in [1.54, 1.807) is 27.0 Å². The molecule has 33 nitrogen and oxygen atoms in total. The van der Waals surface area contributed by atoms with E-state index in [-0.39, 0.29) is 18.4 Å². The number of ether oxygens (including phenoxy) is 19. The van der Waals surface area contributed by atoms with Crippen LogP contribution >= 0.6 is 0 Å². The fourth-order valence-corrected chi connectivity index (χ4v) is 9.85. The van der Waals surface area contributed by atoms with Crippen molar-refractivity contribution in [1.29, 1.82) is 0 Å². The van der Waals surface area contributed by atoms with E-state index in [0.717, 1.165) is 33.1 Å². The van der Waals surface area contributed by atoms with E-state index in [4.69, 9.17) is 94.6 Å². The summed E-state index contributed by atoms with van der Waals surface area (Å²) in [5.41, 5.74) is 2.32. The highest BCUT2D eigenvalue weighted by Gasteiger charge is 2.47. The zero-order valence-corrected chi connectivity index (χ0v) is 62.6. The molecule has 34 heteroatoms. The van der Waals surface area contributed by atoms with Crippen LogP contribution in [0.2, 0.25) is 0 Å². The number of aryl methyl sites for hydroxylation is 1. The van der Waals surface area contributed by atoms with Gasteiger partial charge in [0.15, 0.2) is 0 Å². The van der Waals surface area contributed by atoms with Gasteiger partial charge in [0, 0.05) is 38.0 Å². The van der Waals surface area contributed by atoms with Crippen LogP contribution in [0.5, 0.6) is 0 Å². The number of amides is 6. The SMILES string of the molecule is COCCOCCOCCOCCOCCOCCOCCOCCOCCOCCOCCOCCOCCOCCOCCOCCOCCCc1cc(NC(=O)[C@H](C)NC(=O)[C@@H](NC(=O)CN2C(=O)[C@@H](N3C(=O)C=CC3=O)C[C@H]2COCCS(=O)(=O)O)C(C)C)ccc1COCC(C)(C)C. The van der Waals surface area contributed by atoms with Crippen molar-refractivity contribution >= 4 is 51.2 Å². The van der Waals surface area contributed by atoms with Crippen molar-refractivity contribution in [3.8, 4) is 0 Å². The van der Waals surface area contributed by atoms with Gasteiger partial charge < -0.3 is 111 Å². The standard InChI is InChI=1S/C69H119N5O28S/c1-55(2)65(72-62(75)51-73-60(53-101-47-48-103(81,82)83)50-61(68(73)80)74-63(76)12-13-64(74)77)67(79)70-56(3)66(78)71-59-11-10-58(52-102-54-69(4,5)6)57(49-59)9-8-14-85-17-18-87-21-22-89-25-26-91-29-30-93-33-34-95-37-38-97-41-42-99-45-46-100-44-43-98-40-39-96-36-35-94-32-31-92-28-27-90-24-23-88-20-19-86-16-15-84-7/h10-13,49,55-56,60-61,65H,8-9,14-48,50-54H2,1-7H3,(H,70,79)(H,71,78)(H,72,75)(H,81,82,83)/t56-,60-,61-,65-/m0/s1. The van der Waals surface area contributed by atoms with Crippen molar-refractivity contribution < 1.29 is 132 Å². The number of benzene rings is 1. The van der Waals surface area contributed by atoms with E-state index < -0.39 is 94.6 Å². The summed E-state index contributed by atoms with van der Waals surface area (Å²) in [6, 6.07) is 1.14. The lowest BCUT2D eigenvalue weighted by Gasteiger charge is -2.27. The molecule has 103 heavy (non-hydrogen) atoms. The van der Waals surface area contributed by atoms with Crippen LogP contribution in [0.15, 0.2) is 30.4 Å². The van der Waals surface area contributed by atoms with Crippen LogP contribution in [-0.4, -0.2) is 340 Å². The molecule has 0 radical (unpaired) electrons. The maximum atomic E-state index is 13.7. The van der Waals surface area contributed by atoms with Gasteiger partial charge in [0.25, 0.3) is 21.9 Å². The van der Waals surface area contributed by atoms with E-state index in [0.29, 0.717) is 250 Å². The fourth-order valence-electron chi connectivity index (χ4n) is 9.52. The van der Waals surface area contributed by atoms with Crippen LogP contribution in [0.4, 0.5) is 5.69 Å². The van der Waals surface area contributed by atoms with Crippen molar-refractivity contribution in [2.45, 2.75) is 91.6 Å². The highest BCUT2D eigenvalue weighted by molar-refractivity contribution is 7.85. The minimum Gasteiger partial charge on any atom is -0.382 e. The molecule has 1 fully saturated rings. The second-order valence-corrected chi connectivity index (χ2v) is 26.6. The van der Waals surface area contributed by atoms with Crippen LogP contribution < -0.4 is 16.0 Å². The number of imide groups is 1. The van der Waals surface area contributed by atoms with E-state index >= 15 is 0 Å². The molecular weight excluding hydrogens is 1380 g/mol. The average molecular weight is 1500 g/mol. The Balaban J connectivity index is 1.14. The number of methoxy groups -OCH3 is 1. The molecule has 0 unspecified atom stereocenters. The third kappa shape index (κ3) is 46.7. The minimum atomic E-state index is -4.36. The van der Waals surface area contributed by atoms with Gasteiger partial charge in [-0.2, -0.15) is 8.42 Å². The Morgan fingerprint density at radius 2 is 0.903 bits per heavy atom. The smallest absolute Gasteiger partial charge is 0.267 e. The van der Waals surface area contributed by atoms with Crippen molar-refractivity contribution in [2.75, 3.05) is 263 Å². The molecule has 0 aliphatic carbocycles. The first-order chi connectivity index (χ1) is 49.7. The molecule has 4 N–H and O–H groups in total. The van der Waals surface area contributed by atoms with Gasteiger partial charge in [-0.1, -0.05) is 40.7 Å². The normalized spacial score (nSPS) is 15.5. The molecule has 6 amide bonds. The molecule has 1 aromatic carbocycles. The summed E-state index contributed by atoms with van der Waals surface area (Å²) in [5, 5.41) is 8.19. The second-order valence-electron chi connectivity index (χ2n) is 25.1. The van der Waals surface area contributed by atoms with Crippen molar-refractivity contribution in [3.05, 3.63) is 41.5 Å². The third-order valence-corrected chi connectivity index (χ3v) is 15.5. The van der Waals surface area contributed by atoms with Crippen LogP contribution in [0.1, 0.15) is 65.5 Å². The summed E-state index contributed by atoms with van der Waals surface area (Å²) in [5.74, 6) is -5.33. The molecule has 1 saturated heterocycles. The number of nitrogens with zero attached hydrogens (tertiary/aromatic N) is 2. The predicted molar refractivity (Wildman–Crippen MR) is 374 cm³/mol. The Morgan fingerprint density at radius 1 is 0.515 bits per heavy atom. The molecule has 3 rings (SSSR count). The summed E-state index contributed by atoms with van der Waals surface area (Å²) in [7, 11) is -2.72. The molecule has 4 atom stereocenters. The summed E-state index contributed by atoms with van der Waals surface area (Å²) in [4.78, 5) is 81.3. The molecule has 0 bridgehead atoms. The maximum absolute atomic E-state index is 13.7. The van der Waals surface area contributed by atoms with Gasteiger partial charge in [0.1, 0.15) is 18.1 Å². The molecule has 1 aromatic rings. The molecular formula is C69H119N5O28S. The lowest BCUT2D eigenvalue weighted by Crippen LogP contribution is -2.56. The number of hydrogen-bond acceptors (Lipinski definition) is 27. The van der Waals surface area contributed by atoms with Crippen LogP contribution in [0, 0.1) is 11.3 Å². The second kappa shape index (κ2) is 58.3. The Bertz CT molecular complexity index is 2570. The number of carbonyl (C=O) groups is 6. The Labute approximate surface area is 608 Å². The molecule has 0 aromatic heterocycles. The number of anilines is 1. The largest absolute Gasteiger partial charge is 0.382 e. The van der Waals surface area contributed by atoms with Gasteiger partial charge in [-0.05, 0) is 54.4 Å². The van der Waals surface area contributed by atoms with E-state index in [9.17, 15) is 37.2 Å². The molecule has 2 heterocycles. The maximum Gasteiger partial charge on any atom is 0.267 e. The number of nitrogens with one attached hydrogen (secondary N) is 3. The molecule has 0 spiro atoms. The summed E-state index contributed by atoms with van der Waals surface area (Å²) in [6.45, 7) is 26.1. The quantitative estimate of drug-likeness (QED) is 0.0407. The minimum absolute atomic E-state index is 0.0547. The first-order valence-corrected chi connectivity index (χ1v) is 37.0. The zero-order chi connectivity index (χ0) is 75.0. The van der Waals surface area contributed by atoms with E-state index in [1.165, 1.54) is 6.92 Å². The highest BCUT2D eigenvalue weighted by atomic mass is 32.2. The molecule has 2 aliphatic heterocycles. The topological polar surface area (TPSA) is 375 Å². The van der Waals surface area contributed by atoms with Gasteiger partial charge >= 0.3 is 0 Å². The van der Waals surface area contributed by atoms with Crippen molar-refractivity contribution in [1.82, 2.24) is 20.4 Å². The Kier molecular flexibility index (Phi) is 52.2. The number of rotatable bonds is 69. The van der Waals surface area contributed by atoms with Gasteiger partial charge in [-0.3, -0.25) is 38.2 Å². The number of carbonyl (C=O) groups excluding carboxylic acids is 6. The monoisotopic (exact) mass is 1500 g/mol. The van der Waals surface area contributed by atoms with Gasteiger partial charge in [0.2, 0.25) is 23.6 Å². The fraction of sp³-hybridized carbons (Fsp3) is 0.797. The average Bonchev–Trinajstić information content (AvgIpc) is 1.64. The predicted octanol–water partition coefficient (Wildman–Crippen LogP) is 1.48. The summed E-state index contributed by atoms with van der Waals surface area (Å²) >= 11 is 0. The molecule has 2 aliphatic rings. The lowest BCUT2D eigenvalue weighted by molar-refractivity contribution is -0.147. The summed E-state index contributed by atoms with van der Waals surface area (Å²) < 4.78 is 137. The molecule has 0 saturated carbocycles. The highest BCUT2D eigenvalue weighted by Crippen LogP contribution is 2.27. The van der Waals surface area contributed by atoms with Gasteiger partial charge in [-0.25, -0.2) is 0 Å². The van der Waals surface area contributed by atoms with Crippen LogP contribution in [0.3, 0.4) is 0 Å². The van der Waals surface area contributed by atoms with Crippen LogP contribution in [-0.2, 0) is 142 Å². The van der Waals surface area contributed by atoms with Gasteiger partial charge in [0.05, 0.1) is 256 Å². The van der Waals surface area contributed by atoms with E-state index in [2.05, 4.69) is 36.7 Å². The molecule has 594 valence electrons. The van der Waals surface area contributed by atoms with Crippen molar-refractivity contribution in [3.63, 3.8) is 0 Å². The Morgan fingerprint density at radius 3 is 1.27 bits per heavy atom. The number of hydrogen-bond donors (Lipinski definition) is 4. The lowest BCUT2D eigenvalue weighted by atomic mass is 9.98. The third-order valence-electron chi connectivity index (χ3n) is 14.8. The van der Waals surface area contributed by atoms with E-state index in [1.807, 2.05) is 12.1 Å². The Hall–Kier alpha value is -4.87. The number of likely N-dealkylation sites (tertiary alicyclic amines) is 1. The first-order valence-electron chi connectivity index (χ1n) is 35.4.